The van der Waals surface area contributed by atoms with E-state index in [1.54, 1.807) is 0 Å². The van der Waals surface area contributed by atoms with Gasteiger partial charge in [0.05, 0.1) is 6.07 Å². The Morgan fingerprint density at radius 3 is 2.80 bits per heavy atom. The quantitative estimate of drug-likeness (QED) is 0.770. The summed E-state index contributed by atoms with van der Waals surface area (Å²) < 4.78 is 0. The Bertz CT molecular complexity index is 242. The maximum Gasteiger partial charge on any atom is 0.102 e. The van der Waals surface area contributed by atoms with E-state index < -0.39 is 5.54 Å². The number of nitrogens with two attached hydrogens (primary N) is 1. The van der Waals surface area contributed by atoms with Crippen LogP contribution in [0.5, 0.6) is 0 Å². The molecule has 1 fully saturated rings. The van der Waals surface area contributed by atoms with Gasteiger partial charge in [0.2, 0.25) is 0 Å². The Hall–Kier alpha value is -0.590. The number of nitrogens with zero attached hydrogens (tertiary/aromatic N) is 2. The van der Waals surface area contributed by atoms with Crippen molar-refractivity contribution in [3.05, 3.63) is 0 Å². The maximum absolute atomic E-state index is 8.85. The largest absolute Gasteiger partial charge is 0.314 e. The van der Waals surface area contributed by atoms with Crippen molar-refractivity contribution in [3.63, 3.8) is 0 Å². The molecule has 0 aromatic heterocycles. The van der Waals surface area contributed by atoms with E-state index in [4.69, 9.17) is 11.0 Å². The first-order valence-corrected chi connectivity index (χ1v) is 5.90. The summed E-state index contributed by atoms with van der Waals surface area (Å²) in [6.07, 6.45) is 3.37. The lowest BCUT2D eigenvalue weighted by Crippen LogP contribution is -2.46. The second-order valence-electron chi connectivity index (χ2n) is 5.18. The van der Waals surface area contributed by atoms with Crippen LogP contribution in [0.1, 0.15) is 40.0 Å². The maximum atomic E-state index is 8.85. The molecule has 0 aromatic rings. The molecule has 3 nitrogen and oxygen atoms in total. The van der Waals surface area contributed by atoms with Gasteiger partial charge in [0.1, 0.15) is 5.54 Å². The van der Waals surface area contributed by atoms with Crippen molar-refractivity contribution >= 4 is 0 Å². The Labute approximate surface area is 93.2 Å². The first-order chi connectivity index (χ1) is 6.96. The van der Waals surface area contributed by atoms with Gasteiger partial charge in [-0.05, 0) is 45.6 Å². The fourth-order valence-electron chi connectivity index (χ4n) is 2.17. The summed E-state index contributed by atoms with van der Waals surface area (Å²) in [6, 6.07) is 2.79. The molecule has 1 rings (SSSR count). The molecule has 0 amide bonds. The number of hydrogen-bond donors (Lipinski definition) is 1. The van der Waals surface area contributed by atoms with Crippen LogP contribution >= 0.6 is 0 Å². The molecule has 1 aliphatic heterocycles. The van der Waals surface area contributed by atoms with Crippen LogP contribution in [-0.4, -0.2) is 29.6 Å². The number of likely N-dealkylation sites (tertiary alicyclic amines) is 1. The van der Waals surface area contributed by atoms with Crippen molar-refractivity contribution < 1.29 is 0 Å². The van der Waals surface area contributed by atoms with Gasteiger partial charge >= 0.3 is 0 Å². The molecular weight excluding hydrogens is 186 g/mol. The number of hydrogen-bond acceptors (Lipinski definition) is 3. The highest BCUT2D eigenvalue weighted by molar-refractivity contribution is 5.01. The lowest BCUT2D eigenvalue weighted by molar-refractivity contribution is 0.108. The number of nitriles is 1. The minimum Gasteiger partial charge on any atom is -0.314 e. The van der Waals surface area contributed by atoms with Gasteiger partial charge in [-0.15, -0.1) is 0 Å². The Morgan fingerprint density at radius 2 is 2.20 bits per heavy atom. The van der Waals surface area contributed by atoms with E-state index in [1.807, 2.05) is 6.92 Å². The van der Waals surface area contributed by atoms with E-state index in [1.165, 1.54) is 12.8 Å². The van der Waals surface area contributed by atoms with Crippen LogP contribution in [0.3, 0.4) is 0 Å². The highest BCUT2D eigenvalue weighted by Crippen LogP contribution is 2.23. The van der Waals surface area contributed by atoms with E-state index in [0.717, 1.165) is 25.4 Å². The lowest BCUT2D eigenvalue weighted by Gasteiger charge is -2.38. The molecule has 1 heterocycles. The molecule has 0 aromatic carbocycles. The van der Waals surface area contributed by atoms with Crippen LogP contribution in [-0.2, 0) is 0 Å². The molecule has 2 N–H and O–H groups in total. The molecule has 3 atom stereocenters. The second-order valence-corrected chi connectivity index (χ2v) is 5.18. The van der Waals surface area contributed by atoms with Gasteiger partial charge < -0.3 is 10.6 Å². The summed E-state index contributed by atoms with van der Waals surface area (Å²) in [5.41, 5.74) is 5.16. The standard InChI is InChI=1S/C12H23N3/c1-10-5-4-7-15(11(10)2)8-6-12(3,14)9-13/h10-11H,4-8,14H2,1-3H3. The zero-order valence-corrected chi connectivity index (χ0v) is 10.2. The van der Waals surface area contributed by atoms with Crippen molar-refractivity contribution in [3.8, 4) is 6.07 Å². The summed E-state index contributed by atoms with van der Waals surface area (Å²) in [5.74, 6) is 0.768. The van der Waals surface area contributed by atoms with E-state index in [0.29, 0.717) is 6.04 Å². The van der Waals surface area contributed by atoms with E-state index in [-0.39, 0.29) is 0 Å². The fourth-order valence-corrected chi connectivity index (χ4v) is 2.17. The topological polar surface area (TPSA) is 53.0 Å². The molecule has 0 radical (unpaired) electrons. The van der Waals surface area contributed by atoms with Crippen LogP contribution in [0.15, 0.2) is 0 Å². The fraction of sp³-hybridized carbons (Fsp3) is 0.917. The second kappa shape index (κ2) is 4.96. The summed E-state index contributed by atoms with van der Waals surface area (Å²) in [7, 11) is 0. The summed E-state index contributed by atoms with van der Waals surface area (Å²) in [6.45, 7) is 8.51. The van der Waals surface area contributed by atoms with Crippen molar-refractivity contribution in [1.29, 1.82) is 5.26 Å². The van der Waals surface area contributed by atoms with Gasteiger partial charge in [-0.3, -0.25) is 0 Å². The Kier molecular flexibility index (Phi) is 4.12. The molecule has 0 spiro atoms. The van der Waals surface area contributed by atoms with Crippen molar-refractivity contribution in [1.82, 2.24) is 4.90 Å². The predicted octanol–water partition coefficient (Wildman–Crippen LogP) is 1.74. The molecule has 3 unspecified atom stereocenters. The SMILES string of the molecule is CC1CCCN(CCC(C)(N)C#N)C1C. The average Bonchev–Trinajstić information content (AvgIpc) is 2.20. The average molecular weight is 209 g/mol. The molecule has 1 aliphatic rings. The van der Waals surface area contributed by atoms with E-state index in [2.05, 4.69) is 24.8 Å². The van der Waals surface area contributed by atoms with Crippen molar-refractivity contribution in [2.24, 2.45) is 11.7 Å². The first-order valence-electron chi connectivity index (χ1n) is 5.90. The van der Waals surface area contributed by atoms with Crippen molar-refractivity contribution in [2.75, 3.05) is 13.1 Å². The molecule has 86 valence electrons. The zero-order chi connectivity index (χ0) is 11.5. The molecule has 0 aliphatic carbocycles. The van der Waals surface area contributed by atoms with Gasteiger partial charge in [-0.1, -0.05) is 6.92 Å². The predicted molar refractivity (Wildman–Crippen MR) is 62.3 cm³/mol. The lowest BCUT2D eigenvalue weighted by atomic mass is 9.91. The van der Waals surface area contributed by atoms with E-state index >= 15 is 0 Å². The van der Waals surface area contributed by atoms with Crippen molar-refractivity contribution in [2.45, 2.75) is 51.6 Å². The third-order valence-corrected chi connectivity index (χ3v) is 3.68. The third-order valence-electron chi connectivity index (χ3n) is 3.68. The third kappa shape index (κ3) is 3.48. The van der Waals surface area contributed by atoms with Gasteiger partial charge in [0, 0.05) is 12.6 Å². The minimum atomic E-state index is -0.666. The van der Waals surface area contributed by atoms with Crippen LogP contribution in [0.25, 0.3) is 0 Å². The summed E-state index contributed by atoms with van der Waals surface area (Å²) in [5, 5.41) is 8.85. The van der Waals surface area contributed by atoms with Gasteiger partial charge in [0.15, 0.2) is 0 Å². The summed E-state index contributed by atoms with van der Waals surface area (Å²) in [4.78, 5) is 2.47. The van der Waals surface area contributed by atoms with Gasteiger partial charge in [-0.25, -0.2) is 0 Å². The minimum absolute atomic E-state index is 0.633. The van der Waals surface area contributed by atoms with Crippen LogP contribution in [0, 0.1) is 17.2 Å². The summed E-state index contributed by atoms with van der Waals surface area (Å²) >= 11 is 0. The molecule has 15 heavy (non-hydrogen) atoms. The highest BCUT2D eigenvalue weighted by atomic mass is 15.2. The Morgan fingerprint density at radius 1 is 1.53 bits per heavy atom. The molecule has 1 saturated heterocycles. The molecule has 0 bridgehead atoms. The Balaban J connectivity index is 2.42. The number of rotatable bonds is 3. The van der Waals surface area contributed by atoms with E-state index in [9.17, 15) is 0 Å². The monoisotopic (exact) mass is 209 g/mol. The normalized spacial score (nSPS) is 31.9. The van der Waals surface area contributed by atoms with Gasteiger partial charge in [0.25, 0.3) is 0 Å². The first kappa shape index (κ1) is 12.5. The van der Waals surface area contributed by atoms with Crippen LogP contribution < -0.4 is 5.73 Å². The zero-order valence-electron chi connectivity index (χ0n) is 10.2. The van der Waals surface area contributed by atoms with Crippen LogP contribution in [0.2, 0.25) is 0 Å². The van der Waals surface area contributed by atoms with Crippen LogP contribution in [0.4, 0.5) is 0 Å². The molecular formula is C12H23N3. The van der Waals surface area contributed by atoms with Gasteiger partial charge in [-0.2, -0.15) is 5.26 Å². The molecule has 3 heteroatoms. The smallest absolute Gasteiger partial charge is 0.102 e. The number of piperidine rings is 1. The molecule has 0 saturated carbocycles. The highest BCUT2D eigenvalue weighted by Gasteiger charge is 2.26.